The molecule has 1 aliphatic heterocycles. The number of amides is 1. The molecular formula is C11H9Br2ClN6O. The quantitative estimate of drug-likeness (QED) is 0.742. The molecule has 0 unspecified atom stereocenters. The van der Waals surface area contributed by atoms with Crippen molar-refractivity contribution in [2.75, 3.05) is 17.2 Å². The number of rotatable bonds is 1. The molecule has 0 aliphatic carbocycles. The Bertz CT molecular complexity index is 734. The van der Waals surface area contributed by atoms with Crippen LogP contribution in [0.15, 0.2) is 15.3 Å². The third kappa shape index (κ3) is 2.53. The molecule has 2 N–H and O–H groups in total. The molecule has 0 bridgehead atoms. The summed E-state index contributed by atoms with van der Waals surface area (Å²) < 4.78 is 2.79. The Morgan fingerprint density at radius 1 is 1.33 bits per heavy atom. The van der Waals surface area contributed by atoms with Gasteiger partial charge < -0.3 is 5.73 Å². The lowest BCUT2D eigenvalue weighted by atomic mass is 10.2. The van der Waals surface area contributed by atoms with Crippen LogP contribution in [0.3, 0.4) is 0 Å². The first-order valence-corrected chi connectivity index (χ1v) is 7.97. The molecule has 3 rings (SSSR count). The van der Waals surface area contributed by atoms with Gasteiger partial charge in [-0.1, -0.05) is 11.6 Å². The summed E-state index contributed by atoms with van der Waals surface area (Å²) in [5.41, 5.74) is 5.83. The maximum atomic E-state index is 12.7. The minimum absolute atomic E-state index is 0.000890. The van der Waals surface area contributed by atoms with Crippen LogP contribution in [-0.2, 0) is 6.54 Å². The van der Waals surface area contributed by atoms with Crippen LogP contribution in [-0.4, -0.2) is 32.2 Å². The lowest BCUT2D eigenvalue weighted by Gasteiger charge is -2.28. The van der Waals surface area contributed by atoms with Crippen molar-refractivity contribution in [2.24, 2.45) is 0 Å². The molecule has 0 fully saturated rings. The number of fused-ring (bicyclic) bond motifs is 1. The second-order valence-electron chi connectivity index (χ2n) is 4.39. The van der Waals surface area contributed by atoms with E-state index in [1.807, 2.05) is 0 Å². The Hall–Kier alpha value is -1.19. The van der Waals surface area contributed by atoms with Crippen LogP contribution in [0.4, 0.5) is 11.6 Å². The highest BCUT2D eigenvalue weighted by Gasteiger charge is 2.29. The number of nitrogen functional groups attached to an aromatic ring is 1. The van der Waals surface area contributed by atoms with E-state index in [2.05, 4.69) is 46.9 Å². The van der Waals surface area contributed by atoms with E-state index in [0.29, 0.717) is 12.4 Å². The second-order valence-corrected chi connectivity index (χ2v) is 6.35. The van der Waals surface area contributed by atoms with E-state index in [1.54, 1.807) is 15.8 Å². The standard InChI is InChI=1S/C11H9Br2ClN6O/c12-5-4-16-20-3-1-2-19(10(5)20)11(21)6-9(15)18-8(14)7(13)17-6/h4H,1-3H2,(H2,15,18). The van der Waals surface area contributed by atoms with Crippen molar-refractivity contribution >= 4 is 61.0 Å². The van der Waals surface area contributed by atoms with E-state index < -0.39 is 0 Å². The normalized spacial score (nSPS) is 14.1. The number of anilines is 2. The summed E-state index contributed by atoms with van der Waals surface area (Å²) in [5.74, 6) is 0.360. The van der Waals surface area contributed by atoms with Gasteiger partial charge in [0.25, 0.3) is 5.91 Å². The maximum absolute atomic E-state index is 12.7. The number of halogens is 3. The van der Waals surface area contributed by atoms with Crippen LogP contribution in [0.2, 0.25) is 5.15 Å². The number of hydrogen-bond donors (Lipinski definition) is 1. The highest BCUT2D eigenvalue weighted by Crippen LogP contribution is 2.31. The van der Waals surface area contributed by atoms with E-state index >= 15 is 0 Å². The Morgan fingerprint density at radius 3 is 2.86 bits per heavy atom. The van der Waals surface area contributed by atoms with Gasteiger partial charge in [0.15, 0.2) is 16.7 Å². The summed E-state index contributed by atoms with van der Waals surface area (Å²) in [6.07, 6.45) is 2.46. The van der Waals surface area contributed by atoms with E-state index in [1.165, 1.54) is 0 Å². The van der Waals surface area contributed by atoms with Crippen LogP contribution in [0.1, 0.15) is 16.9 Å². The molecule has 2 aromatic heterocycles. The number of carbonyl (C=O) groups is 1. The van der Waals surface area contributed by atoms with Crippen molar-refractivity contribution in [3.05, 3.63) is 26.1 Å². The molecule has 110 valence electrons. The largest absolute Gasteiger partial charge is 0.382 e. The number of hydrogen-bond acceptors (Lipinski definition) is 5. The third-order valence-corrected chi connectivity index (χ3v) is 4.67. The van der Waals surface area contributed by atoms with Crippen LogP contribution >= 0.6 is 43.5 Å². The smallest absolute Gasteiger partial charge is 0.281 e. The van der Waals surface area contributed by atoms with Gasteiger partial charge in [-0.25, -0.2) is 14.6 Å². The molecule has 7 nitrogen and oxygen atoms in total. The molecule has 1 amide bonds. The molecule has 0 aromatic carbocycles. The molecule has 3 heterocycles. The van der Waals surface area contributed by atoms with Crippen molar-refractivity contribution in [3.8, 4) is 0 Å². The Morgan fingerprint density at radius 2 is 2.10 bits per heavy atom. The second kappa shape index (κ2) is 5.54. The lowest BCUT2D eigenvalue weighted by Crippen LogP contribution is -2.38. The number of nitrogens with zero attached hydrogens (tertiary/aromatic N) is 5. The number of aryl methyl sites for hydroxylation is 1. The minimum atomic E-state index is -0.334. The van der Waals surface area contributed by atoms with Gasteiger partial charge in [-0.2, -0.15) is 5.10 Å². The number of aromatic nitrogens is 4. The molecule has 10 heteroatoms. The summed E-state index contributed by atoms with van der Waals surface area (Å²) in [7, 11) is 0. The fraction of sp³-hybridized carbons (Fsp3) is 0.273. The van der Waals surface area contributed by atoms with Gasteiger partial charge in [-0.3, -0.25) is 9.69 Å². The van der Waals surface area contributed by atoms with Crippen molar-refractivity contribution in [2.45, 2.75) is 13.0 Å². The average molecular weight is 436 g/mol. The van der Waals surface area contributed by atoms with Gasteiger partial charge in [0, 0.05) is 13.1 Å². The molecule has 0 atom stereocenters. The third-order valence-electron chi connectivity index (χ3n) is 3.07. The molecule has 0 saturated carbocycles. The van der Waals surface area contributed by atoms with Crippen molar-refractivity contribution < 1.29 is 4.79 Å². The van der Waals surface area contributed by atoms with Gasteiger partial charge in [0.05, 0.1) is 10.7 Å². The summed E-state index contributed by atoms with van der Waals surface area (Å²) in [6.45, 7) is 1.32. The molecule has 21 heavy (non-hydrogen) atoms. The molecular weight excluding hydrogens is 427 g/mol. The maximum Gasteiger partial charge on any atom is 0.281 e. The highest BCUT2D eigenvalue weighted by molar-refractivity contribution is 9.10. The van der Waals surface area contributed by atoms with Crippen molar-refractivity contribution in [1.82, 2.24) is 19.7 Å². The first-order valence-electron chi connectivity index (χ1n) is 6.00. The molecule has 0 radical (unpaired) electrons. The van der Waals surface area contributed by atoms with Crippen LogP contribution in [0.5, 0.6) is 0 Å². The topological polar surface area (TPSA) is 89.9 Å². The predicted molar refractivity (Wildman–Crippen MR) is 85.4 cm³/mol. The van der Waals surface area contributed by atoms with Crippen molar-refractivity contribution in [1.29, 1.82) is 0 Å². The molecule has 0 spiro atoms. The minimum Gasteiger partial charge on any atom is -0.382 e. The fourth-order valence-corrected chi connectivity index (χ4v) is 3.07. The Balaban J connectivity index is 2.04. The van der Waals surface area contributed by atoms with Gasteiger partial charge in [0.1, 0.15) is 10.4 Å². The molecule has 2 aromatic rings. The Labute approximate surface area is 141 Å². The highest BCUT2D eigenvalue weighted by atomic mass is 79.9. The lowest BCUT2D eigenvalue weighted by molar-refractivity contribution is 0.0976. The van der Waals surface area contributed by atoms with Gasteiger partial charge >= 0.3 is 0 Å². The summed E-state index contributed by atoms with van der Waals surface area (Å²) >= 11 is 12.4. The zero-order valence-corrected chi connectivity index (χ0v) is 14.5. The summed E-state index contributed by atoms with van der Waals surface area (Å²) in [6, 6.07) is 0. The van der Waals surface area contributed by atoms with E-state index in [4.69, 9.17) is 17.3 Å². The first kappa shape index (κ1) is 14.7. The van der Waals surface area contributed by atoms with E-state index in [0.717, 1.165) is 17.4 Å². The predicted octanol–water partition coefficient (Wildman–Crippen LogP) is 2.48. The van der Waals surface area contributed by atoms with Gasteiger partial charge in [-0.05, 0) is 38.3 Å². The van der Waals surface area contributed by atoms with Gasteiger partial charge in [-0.15, -0.1) is 0 Å². The fourth-order valence-electron chi connectivity index (χ4n) is 2.16. The average Bonchev–Trinajstić information content (AvgIpc) is 2.84. The van der Waals surface area contributed by atoms with E-state index in [9.17, 15) is 4.79 Å². The SMILES string of the molecule is Nc1nc(Cl)c(Br)nc1C(=O)N1CCCn2ncc(Br)c21. The van der Waals surface area contributed by atoms with Gasteiger partial charge in [0.2, 0.25) is 0 Å². The van der Waals surface area contributed by atoms with Crippen LogP contribution in [0.25, 0.3) is 0 Å². The monoisotopic (exact) mass is 434 g/mol. The molecule has 0 saturated heterocycles. The van der Waals surface area contributed by atoms with Crippen LogP contribution < -0.4 is 10.6 Å². The number of carbonyl (C=O) groups excluding carboxylic acids is 1. The Kier molecular flexibility index (Phi) is 3.89. The molecule has 1 aliphatic rings. The van der Waals surface area contributed by atoms with Crippen LogP contribution in [0, 0.1) is 0 Å². The summed E-state index contributed by atoms with van der Waals surface area (Å²) in [5, 5.41) is 4.33. The number of nitrogens with two attached hydrogens (primary N) is 1. The first-order chi connectivity index (χ1) is 9.99. The van der Waals surface area contributed by atoms with E-state index in [-0.39, 0.29) is 27.2 Å². The zero-order valence-electron chi connectivity index (χ0n) is 10.6. The summed E-state index contributed by atoms with van der Waals surface area (Å²) in [4.78, 5) is 22.3. The zero-order chi connectivity index (χ0) is 15.1. The van der Waals surface area contributed by atoms with Crippen molar-refractivity contribution in [3.63, 3.8) is 0 Å².